The summed E-state index contributed by atoms with van der Waals surface area (Å²) >= 11 is 0. The Morgan fingerprint density at radius 1 is 1.47 bits per heavy atom. The Bertz CT molecular complexity index is 432. The van der Waals surface area contributed by atoms with E-state index in [4.69, 9.17) is 5.84 Å². The zero-order valence-corrected chi connectivity index (χ0v) is 11.6. The molecule has 0 aromatic carbocycles. The second-order valence-corrected chi connectivity index (χ2v) is 5.49. The summed E-state index contributed by atoms with van der Waals surface area (Å²) in [5.41, 5.74) is 3.59. The number of pyridine rings is 1. The monoisotopic (exact) mass is 262 g/mol. The molecule has 5 nitrogen and oxygen atoms in total. The van der Waals surface area contributed by atoms with E-state index in [1.54, 1.807) is 12.3 Å². The highest BCUT2D eigenvalue weighted by atomic mass is 16.2. The van der Waals surface area contributed by atoms with Crippen LogP contribution in [0, 0.1) is 11.8 Å². The van der Waals surface area contributed by atoms with Crippen LogP contribution in [0.1, 0.15) is 36.3 Å². The number of carbonyl (C=O) groups is 1. The Morgan fingerprint density at radius 3 is 2.84 bits per heavy atom. The highest BCUT2D eigenvalue weighted by Crippen LogP contribution is 2.23. The largest absolute Gasteiger partial charge is 0.297 e. The number of rotatable bonds is 3. The predicted octanol–water partition coefficient (Wildman–Crippen LogP) is 1.16. The maximum absolute atomic E-state index is 11.3. The summed E-state index contributed by atoms with van der Waals surface area (Å²) in [6.45, 7) is 7.72. The van der Waals surface area contributed by atoms with Gasteiger partial charge in [-0.25, -0.2) is 5.84 Å². The zero-order chi connectivity index (χ0) is 13.8. The minimum Gasteiger partial charge on any atom is -0.297 e. The number of nitrogens with zero attached hydrogens (tertiary/aromatic N) is 2. The van der Waals surface area contributed by atoms with E-state index in [0.717, 1.165) is 37.2 Å². The maximum atomic E-state index is 11.3. The van der Waals surface area contributed by atoms with Gasteiger partial charge in [0.15, 0.2) is 0 Å². The molecule has 0 aliphatic carbocycles. The highest BCUT2D eigenvalue weighted by molar-refractivity contribution is 5.93. The Kier molecular flexibility index (Phi) is 4.50. The standard InChI is InChI=1S/C14H22N4O/c1-10-5-6-18(8-11(10)2)9-13-4-3-12(7-16-13)14(19)17-15/h3-4,7,10-11H,5-6,8-9,15H2,1-2H3,(H,17,19). The van der Waals surface area contributed by atoms with Gasteiger partial charge in [-0.1, -0.05) is 13.8 Å². The summed E-state index contributed by atoms with van der Waals surface area (Å²) in [7, 11) is 0. The van der Waals surface area contributed by atoms with Crippen molar-refractivity contribution in [3.63, 3.8) is 0 Å². The van der Waals surface area contributed by atoms with Gasteiger partial charge in [-0.3, -0.25) is 20.1 Å². The number of likely N-dealkylation sites (tertiary alicyclic amines) is 1. The van der Waals surface area contributed by atoms with E-state index in [1.165, 1.54) is 6.42 Å². The predicted molar refractivity (Wildman–Crippen MR) is 74.1 cm³/mol. The minimum absolute atomic E-state index is 0.306. The molecule has 1 aliphatic rings. The number of hydrazine groups is 1. The second-order valence-electron chi connectivity index (χ2n) is 5.49. The summed E-state index contributed by atoms with van der Waals surface area (Å²) in [6, 6.07) is 3.66. The van der Waals surface area contributed by atoms with Crippen LogP contribution in [0.5, 0.6) is 0 Å². The van der Waals surface area contributed by atoms with Gasteiger partial charge in [0.25, 0.3) is 5.91 Å². The lowest BCUT2D eigenvalue weighted by molar-refractivity contribution is 0.0953. The first kappa shape index (κ1) is 14.0. The van der Waals surface area contributed by atoms with E-state index in [-0.39, 0.29) is 5.91 Å². The van der Waals surface area contributed by atoms with Crippen LogP contribution in [0.25, 0.3) is 0 Å². The lowest BCUT2D eigenvalue weighted by Gasteiger charge is -2.35. The first-order chi connectivity index (χ1) is 9.10. The third-order valence-electron chi connectivity index (χ3n) is 4.02. The van der Waals surface area contributed by atoms with Crippen LogP contribution in [-0.4, -0.2) is 28.9 Å². The number of carbonyl (C=O) groups excluding carboxylic acids is 1. The van der Waals surface area contributed by atoms with Crippen LogP contribution in [-0.2, 0) is 6.54 Å². The molecule has 1 aromatic heterocycles. The van der Waals surface area contributed by atoms with Crippen molar-refractivity contribution >= 4 is 5.91 Å². The van der Waals surface area contributed by atoms with Crippen molar-refractivity contribution in [2.45, 2.75) is 26.8 Å². The van der Waals surface area contributed by atoms with Crippen molar-refractivity contribution in [1.29, 1.82) is 0 Å². The smallest absolute Gasteiger partial charge is 0.266 e. The molecule has 19 heavy (non-hydrogen) atoms. The Hall–Kier alpha value is -1.46. The van der Waals surface area contributed by atoms with E-state index >= 15 is 0 Å². The number of nitrogen functional groups attached to an aromatic ring is 1. The van der Waals surface area contributed by atoms with Gasteiger partial charge >= 0.3 is 0 Å². The lowest BCUT2D eigenvalue weighted by Crippen LogP contribution is -2.38. The van der Waals surface area contributed by atoms with Crippen molar-refractivity contribution in [3.05, 3.63) is 29.6 Å². The fourth-order valence-corrected chi connectivity index (χ4v) is 2.46. The van der Waals surface area contributed by atoms with Crippen LogP contribution in [0.15, 0.2) is 18.3 Å². The van der Waals surface area contributed by atoms with Crippen LogP contribution >= 0.6 is 0 Å². The van der Waals surface area contributed by atoms with Crippen molar-refractivity contribution in [2.75, 3.05) is 13.1 Å². The van der Waals surface area contributed by atoms with Gasteiger partial charge in [0.1, 0.15) is 0 Å². The van der Waals surface area contributed by atoms with E-state index < -0.39 is 0 Å². The number of nitrogens with two attached hydrogens (primary N) is 1. The molecule has 3 N–H and O–H groups in total. The molecule has 2 unspecified atom stereocenters. The van der Waals surface area contributed by atoms with Crippen LogP contribution in [0.4, 0.5) is 0 Å². The lowest BCUT2D eigenvalue weighted by atomic mass is 9.88. The number of amides is 1. The molecule has 2 atom stereocenters. The third kappa shape index (κ3) is 3.52. The molecular weight excluding hydrogens is 240 g/mol. The number of aromatic nitrogens is 1. The average Bonchev–Trinajstić information content (AvgIpc) is 2.43. The van der Waals surface area contributed by atoms with E-state index in [1.807, 2.05) is 6.07 Å². The third-order valence-corrected chi connectivity index (χ3v) is 4.02. The van der Waals surface area contributed by atoms with Crippen molar-refractivity contribution in [3.8, 4) is 0 Å². The Morgan fingerprint density at radius 2 is 2.26 bits per heavy atom. The maximum Gasteiger partial charge on any atom is 0.266 e. The number of hydrogen-bond donors (Lipinski definition) is 2. The molecule has 1 fully saturated rings. The van der Waals surface area contributed by atoms with Gasteiger partial charge < -0.3 is 0 Å². The van der Waals surface area contributed by atoms with Gasteiger partial charge in [-0.15, -0.1) is 0 Å². The average molecular weight is 262 g/mol. The molecule has 1 aliphatic heterocycles. The molecule has 0 spiro atoms. The summed E-state index contributed by atoms with van der Waals surface area (Å²) in [4.78, 5) is 18.1. The van der Waals surface area contributed by atoms with Crippen LogP contribution in [0.2, 0.25) is 0 Å². The highest BCUT2D eigenvalue weighted by Gasteiger charge is 2.22. The molecular formula is C14H22N4O. The number of hydrogen-bond acceptors (Lipinski definition) is 4. The van der Waals surface area contributed by atoms with Gasteiger partial charge in [0, 0.05) is 19.3 Å². The summed E-state index contributed by atoms with van der Waals surface area (Å²) < 4.78 is 0. The van der Waals surface area contributed by atoms with E-state index in [0.29, 0.717) is 5.56 Å². The van der Waals surface area contributed by atoms with Gasteiger partial charge in [0.2, 0.25) is 0 Å². The molecule has 1 aromatic rings. The summed E-state index contributed by atoms with van der Waals surface area (Å²) in [6.07, 6.45) is 2.82. The molecule has 5 heteroatoms. The number of nitrogens with one attached hydrogen (secondary N) is 1. The van der Waals surface area contributed by atoms with Gasteiger partial charge in [0.05, 0.1) is 11.3 Å². The molecule has 2 heterocycles. The first-order valence-corrected chi connectivity index (χ1v) is 6.78. The van der Waals surface area contributed by atoms with Gasteiger partial charge in [-0.2, -0.15) is 0 Å². The molecule has 0 bridgehead atoms. The minimum atomic E-state index is -0.306. The fourth-order valence-electron chi connectivity index (χ4n) is 2.46. The summed E-state index contributed by atoms with van der Waals surface area (Å²) in [5.74, 6) is 6.32. The molecule has 104 valence electrons. The van der Waals surface area contributed by atoms with E-state index in [2.05, 4.69) is 29.2 Å². The van der Waals surface area contributed by atoms with E-state index in [9.17, 15) is 4.79 Å². The first-order valence-electron chi connectivity index (χ1n) is 6.78. The molecule has 1 amide bonds. The fraction of sp³-hybridized carbons (Fsp3) is 0.571. The van der Waals surface area contributed by atoms with Gasteiger partial charge in [-0.05, 0) is 36.9 Å². The molecule has 0 saturated carbocycles. The second kappa shape index (κ2) is 6.12. The normalized spacial score (nSPS) is 24.2. The quantitative estimate of drug-likeness (QED) is 0.487. The Labute approximate surface area is 114 Å². The topological polar surface area (TPSA) is 71.2 Å². The molecule has 2 rings (SSSR count). The van der Waals surface area contributed by atoms with Crippen molar-refractivity contribution in [2.24, 2.45) is 17.7 Å². The molecule has 1 saturated heterocycles. The van der Waals surface area contributed by atoms with Crippen molar-refractivity contribution in [1.82, 2.24) is 15.3 Å². The van der Waals surface area contributed by atoms with Crippen LogP contribution in [0.3, 0.4) is 0 Å². The SMILES string of the molecule is CC1CCN(Cc2ccc(C(=O)NN)cn2)CC1C. The van der Waals surface area contributed by atoms with Crippen LogP contribution < -0.4 is 11.3 Å². The summed E-state index contributed by atoms with van der Waals surface area (Å²) in [5, 5.41) is 0. The van der Waals surface area contributed by atoms with Crippen molar-refractivity contribution < 1.29 is 4.79 Å². The zero-order valence-electron chi connectivity index (χ0n) is 11.6. The molecule has 0 radical (unpaired) electrons. The Balaban J connectivity index is 1.94. The number of piperidine rings is 1.